The third-order valence-corrected chi connectivity index (χ3v) is 12.7. The maximum Gasteiger partial charge on any atom is 0.338 e. The second-order valence-electron chi connectivity index (χ2n) is 16.6. The van der Waals surface area contributed by atoms with Crippen LogP contribution in [0.2, 0.25) is 0 Å². The van der Waals surface area contributed by atoms with Gasteiger partial charge in [-0.3, -0.25) is 0 Å². The van der Waals surface area contributed by atoms with E-state index in [1.54, 1.807) is 0 Å². The van der Waals surface area contributed by atoms with Gasteiger partial charge in [-0.05, 0) is 87.9 Å². The first-order valence-corrected chi connectivity index (χ1v) is 17.5. The minimum absolute atomic E-state index is 0.0951. The molecule has 4 aliphatic rings. The van der Waals surface area contributed by atoms with Gasteiger partial charge in [0.05, 0.1) is 0 Å². The second kappa shape index (κ2) is 12.7. The molecule has 6 nitrogen and oxygen atoms in total. The van der Waals surface area contributed by atoms with E-state index in [9.17, 15) is 19.8 Å². The van der Waals surface area contributed by atoms with Crippen LogP contribution in [0.1, 0.15) is 170 Å². The third-order valence-electron chi connectivity index (χ3n) is 12.7. The number of rotatable bonds is 7. The molecule has 2 N–H and O–H groups in total. The lowest BCUT2D eigenvalue weighted by Gasteiger charge is -2.60. The van der Waals surface area contributed by atoms with Gasteiger partial charge < -0.3 is 19.7 Å². The Labute approximate surface area is 256 Å². The van der Waals surface area contributed by atoms with Gasteiger partial charge in [-0.1, -0.05) is 92.9 Å². The zero-order valence-corrected chi connectivity index (χ0v) is 27.8. The fraction of sp³-hybridized carbons (Fsp3) is 0.944. The molecule has 0 aromatic heterocycles. The highest BCUT2D eigenvalue weighted by Crippen LogP contribution is 2.63. The van der Waals surface area contributed by atoms with E-state index in [4.69, 9.17) is 9.47 Å². The van der Waals surface area contributed by atoms with Crippen molar-refractivity contribution in [3.05, 3.63) is 0 Å². The molecule has 0 bridgehead atoms. The first-order chi connectivity index (χ1) is 19.7. The molecule has 0 radical (unpaired) electrons. The molecule has 0 spiro atoms. The molecular formula is C36H62O6. The summed E-state index contributed by atoms with van der Waals surface area (Å²) in [6, 6.07) is 0. The Balaban J connectivity index is 1.57. The first kappa shape index (κ1) is 33.7. The van der Waals surface area contributed by atoms with Gasteiger partial charge in [0.2, 0.25) is 0 Å². The average Bonchev–Trinajstić information content (AvgIpc) is 2.96. The Morgan fingerprint density at radius 1 is 0.476 bits per heavy atom. The number of esters is 2. The van der Waals surface area contributed by atoms with Crippen molar-refractivity contribution in [2.24, 2.45) is 21.7 Å². The van der Waals surface area contributed by atoms with Crippen LogP contribution in [0, 0.1) is 21.7 Å². The molecule has 242 valence electrons. The Bertz CT molecular complexity index is 840. The van der Waals surface area contributed by atoms with E-state index in [1.807, 2.05) is 0 Å². The number of hydrogen-bond acceptors (Lipinski definition) is 6. The van der Waals surface area contributed by atoms with Crippen molar-refractivity contribution in [3.8, 4) is 0 Å². The zero-order valence-electron chi connectivity index (χ0n) is 27.8. The smallest absolute Gasteiger partial charge is 0.338 e. The summed E-state index contributed by atoms with van der Waals surface area (Å²) < 4.78 is 12.9. The summed E-state index contributed by atoms with van der Waals surface area (Å²) in [4.78, 5) is 27.5. The van der Waals surface area contributed by atoms with Gasteiger partial charge in [-0.2, -0.15) is 0 Å². The Kier molecular flexibility index (Phi) is 10.2. The summed E-state index contributed by atoms with van der Waals surface area (Å²) in [5, 5.41) is 22.4. The summed E-state index contributed by atoms with van der Waals surface area (Å²) in [6.45, 7) is 13.5. The molecule has 0 aromatic rings. The van der Waals surface area contributed by atoms with Crippen LogP contribution in [0.3, 0.4) is 0 Å². The summed E-state index contributed by atoms with van der Waals surface area (Å²) >= 11 is 0. The van der Waals surface area contributed by atoms with Crippen molar-refractivity contribution in [2.75, 3.05) is 0 Å². The number of aliphatic hydroxyl groups is 2. The van der Waals surface area contributed by atoms with Gasteiger partial charge in [-0.25, -0.2) is 9.59 Å². The highest BCUT2D eigenvalue weighted by Gasteiger charge is 2.62. The van der Waals surface area contributed by atoms with Crippen LogP contribution in [0.25, 0.3) is 0 Å². The predicted molar refractivity (Wildman–Crippen MR) is 166 cm³/mol. The molecule has 4 aliphatic carbocycles. The lowest BCUT2D eigenvalue weighted by atomic mass is 9.49. The van der Waals surface area contributed by atoms with Gasteiger partial charge in [0.1, 0.15) is 11.2 Å². The Hall–Kier alpha value is -1.14. The fourth-order valence-electron chi connectivity index (χ4n) is 10.5. The SMILES string of the molecule is CC(C)(C)C1(C2(OC(=O)C(O)C(O)C(=O)OC3(C4(C(C)(C)C)CCCCC4)CCCCC3)CCCCC2)CCCCC1. The number of carbonyl (C=O) groups excluding carboxylic acids is 2. The maximum atomic E-state index is 13.7. The van der Waals surface area contributed by atoms with E-state index in [-0.39, 0.29) is 21.7 Å². The fourth-order valence-corrected chi connectivity index (χ4v) is 10.5. The molecule has 4 rings (SSSR count). The summed E-state index contributed by atoms with van der Waals surface area (Å²) in [6.07, 6.45) is 16.0. The predicted octanol–water partition coefficient (Wildman–Crippen LogP) is 8.19. The van der Waals surface area contributed by atoms with E-state index in [0.29, 0.717) is 0 Å². The minimum Gasteiger partial charge on any atom is -0.456 e. The maximum absolute atomic E-state index is 13.7. The molecule has 0 saturated heterocycles. The van der Waals surface area contributed by atoms with E-state index in [0.717, 1.165) is 116 Å². The van der Waals surface area contributed by atoms with Crippen molar-refractivity contribution in [3.63, 3.8) is 0 Å². The van der Waals surface area contributed by atoms with E-state index >= 15 is 0 Å². The van der Waals surface area contributed by atoms with Crippen LogP contribution < -0.4 is 0 Å². The number of hydrogen-bond donors (Lipinski definition) is 2. The van der Waals surface area contributed by atoms with E-state index in [1.165, 1.54) is 12.8 Å². The Morgan fingerprint density at radius 2 is 0.714 bits per heavy atom. The molecule has 2 atom stereocenters. The monoisotopic (exact) mass is 590 g/mol. The van der Waals surface area contributed by atoms with Gasteiger partial charge >= 0.3 is 11.9 Å². The quantitative estimate of drug-likeness (QED) is 0.290. The van der Waals surface area contributed by atoms with Gasteiger partial charge in [0.25, 0.3) is 0 Å². The van der Waals surface area contributed by atoms with E-state index in [2.05, 4.69) is 41.5 Å². The second-order valence-corrected chi connectivity index (χ2v) is 16.6. The lowest BCUT2D eigenvalue weighted by molar-refractivity contribution is -0.232. The minimum atomic E-state index is -1.96. The Morgan fingerprint density at radius 3 is 0.952 bits per heavy atom. The molecule has 6 heteroatoms. The molecule has 2 unspecified atom stereocenters. The molecule has 4 fully saturated rings. The van der Waals surface area contributed by atoms with Crippen molar-refractivity contribution < 1.29 is 29.3 Å². The third kappa shape index (κ3) is 5.94. The van der Waals surface area contributed by atoms with Crippen LogP contribution in [0.5, 0.6) is 0 Å². The lowest BCUT2D eigenvalue weighted by Crippen LogP contribution is -2.61. The average molecular weight is 591 g/mol. The van der Waals surface area contributed by atoms with Crippen LogP contribution in [-0.2, 0) is 19.1 Å². The van der Waals surface area contributed by atoms with Gasteiger partial charge in [0.15, 0.2) is 12.2 Å². The zero-order chi connectivity index (χ0) is 30.9. The van der Waals surface area contributed by atoms with Crippen molar-refractivity contribution >= 4 is 11.9 Å². The van der Waals surface area contributed by atoms with Crippen LogP contribution in [0.4, 0.5) is 0 Å². The molecule has 0 heterocycles. The summed E-state index contributed by atoms with van der Waals surface area (Å²) in [7, 11) is 0. The highest BCUT2D eigenvalue weighted by atomic mass is 16.6. The van der Waals surface area contributed by atoms with Crippen molar-refractivity contribution in [2.45, 2.75) is 193 Å². The highest BCUT2D eigenvalue weighted by molar-refractivity contribution is 5.85. The van der Waals surface area contributed by atoms with Crippen LogP contribution in [0.15, 0.2) is 0 Å². The molecule has 0 amide bonds. The molecule has 0 aliphatic heterocycles. The number of ether oxygens (including phenoxy) is 2. The van der Waals surface area contributed by atoms with Crippen LogP contribution >= 0.6 is 0 Å². The molecule has 42 heavy (non-hydrogen) atoms. The topological polar surface area (TPSA) is 93.1 Å². The van der Waals surface area contributed by atoms with Crippen molar-refractivity contribution in [1.29, 1.82) is 0 Å². The normalized spacial score (nSPS) is 27.3. The number of carbonyl (C=O) groups is 2. The number of aliphatic hydroxyl groups excluding tert-OH is 2. The van der Waals surface area contributed by atoms with E-state index < -0.39 is 35.3 Å². The van der Waals surface area contributed by atoms with Crippen molar-refractivity contribution in [1.82, 2.24) is 0 Å². The summed E-state index contributed by atoms with van der Waals surface area (Å²) in [5.41, 5.74) is -2.00. The summed E-state index contributed by atoms with van der Waals surface area (Å²) in [5.74, 6) is -1.76. The molecule has 4 saturated carbocycles. The van der Waals surface area contributed by atoms with Gasteiger partial charge in [0, 0.05) is 10.8 Å². The first-order valence-electron chi connectivity index (χ1n) is 17.5. The standard InChI is InChI=1S/C36H62O6/c1-31(2,3)33(19-11-7-12-20-33)35(23-15-9-16-24-35)41-29(39)27(37)28(38)30(40)42-36(25-17-10-18-26-36)34(32(4,5)6)21-13-8-14-22-34/h27-28,37-38H,7-26H2,1-6H3. The molecular weight excluding hydrogens is 528 g/mol. The molecule has 0 aromatic carbocycles. The van der Waals surface area contributed by atoms with Crippen LogP contribution in [-0.4, -0.2) is 45.6 Å². The largest absolute Gasteiger partial charge is 0.456 e. The van der Waals surface area contributed by atoms with Gasteiger partial charge in [-0.15, -0.1) is 0 Å².